The van der Waals surface area contributed by atoms with Crippen LogP contribution in [0.3, 0.4) is 0 Å². The summed E-state index contributed by atoms with van der Waals surface area (Å²) in [6.45, 7) is 23.3. The summed E-state index contributed by atoms with van der Waals surface area (Å²) in [7, 11) is 0. The number of hydrogen-bond acceptors (Lipinski definition) is 4. The zero-order valence-electron chi connectivity index (χ0n) is 36.8. The molecule has 0 atom stereocenters. The molecule has 0 fully saturated rings. The molecule has 1 aliphatic rings. The van der Waals surface area contributed by atoms with Crippen LogP contribution in [0.25, 0.3) is 27.6 Å². The Bertz CT molecular complexity index is 2910. The first-order chi connectivity index (χ1) is 28.6. The lowest BCUT2D eigenvalue weighted by Crippen LogP contribution is -2.25. The number of para-hydroxylation sites is 1. The third-order valence-corrected chi connectivity index (χ3v) is 12.6. The summed E-state index contributed by atoms with van der Waals surface area (Å²) in [6.07, 6.45) is 1.94. The number of aryl methyl sites for hydroxylation is 2. The molecule has 0 spiro atoms. The fraction of sp³-hybridized carbons (Fsp3) is 0.255. The molecule has 0 bridgehead atoms. The molecule has 302 valence electrons. The highest BCUT2D eigenvalue weighted by atomic mass is 16.5. The van der Waals surface area contributed by atoms with E-state index in [0.29, 0.717) is 6.67 Å². The molecule has 5 heteroatoms. The Morgan fingerprint density at radius 3 is 1.83 bits per heavy atom. The predicted molar refractivity (Wildman–Crippen MR) is 253 cm³/mol. The highest BCUT2D eigenvalue weighted by Crippen LogP contribution is 2.48. The number of rotatable bonds is 7. The van der Waals surface area contributed by atoms with Gasteiger partial charge in [0.15, 0.2) is 0 Å². The van der Waals surface area contributed by atoms with E-state index in [2.05, 4.69) is 223 Å². The van der Waals surface area contributed by atoms with E-state index in [1.807, 2.05) is 6.20 Å². The van der Waals surface area contributed by atoms with E-state index >= 15 is 0 Å². The first kappa shape index (κ1) is 39.1. The van der Waals surface area contributed by atoms with Gasteiger partial charge in [-0.3, -0.25) is 4.57 Å². The molecule has 1 aliphatic heterocycles. The normalized spacial score (nSPS) is 13.4. The molecule has 0 saturated carbocycles. The van der Waals surface area contributed by atoms with Gasteiger partial charge in [0.05, 0.1) is 22.4 Å². The Hall–Kier alpha value is -6.33. The zero-order chi connectivity index (χ0) is 42.1. The number of anilines is 4. The molecule has 5 nitrogen and oxygen atoms in total. The maximum Gasteiger partial charge on any atom is 0.137 e. The van der Waals surface area contributed by atoms with Gasteiger partial charge in [-0.15, -0.1) is 0 Å². The number of benzene rings is 6. The molecule has 0 saturated heterocycles. The second-order valence-electron chi connectivity index (χ2n) is 19.2. The molecule has 0 amide bonds. The topological polar surface area (TPSA) is 33.5 Å². The van der Waals surface area contributed by atoms with Crippen LogP contribution < -0.4 is 14.5 Å². The smallest absolute Gasteiger partial charge is 0.137 e. The van der Waals surface area contributed by atoms with Crippen LogP contribution in [0.1, 0.15) is 88.8 Å². The molecule has 0 radical (unpaired) electrons. The average molecular weight is 789 g/mol. The summed E-state index contributed by atoms with van der Waals surface area (Å²) in [4.78, 5) is 9.89. The van der Waals surface area contributed by atoms with Gasteiger partial charge in [-0.2, -0.15) is 0 Å². The third-order valence-electron chi connectivity index (χ3n) is 12.6. The minimum atomic E-state index is -0.206. The Balaban J connectivity index is 1.13. The van der Waals surface area contributed by atoms with Gasteiger partial charge >= 0.3 is 0 Å². The second-order valence-corrected chi connectivity index (χ2v) is 19.2. The maximum atomic E-state index is 6.97. The molecule has 60 heavy (non-hydrogen) atoms. The van der Waals surface area contributed by atoms with E-state index in [-0.39, 0.29) is 16.2 Å². The maximum absolute atomic E-state index is 6.97. The van der Waals surface area contributed by atoms with Gasteiger partial charge in [-0.05, 0) is 125 Å². The van der Waals surface area contributed by atoms with Crippen LogP contribution >= 0.6 is 0 Å². The summed E-state index contributed by atoms with van der Waals surface area (Å²) < 4.78 is 9.25. The molecule has 8 aromatic rings. The van der Waals surface area contributed by atoms with Gasteiger partial charge in [0.25, 0.3) is 0 Å². The van der Waals surface area contributed by atoms with Crippen LogP contribution in [0.15, 0.2) is 146 Å². The fourth-order valence-electron chi connectivity index (χ4n) is 8.67. The lowest BCUT2D eigenvalue weighted by atomic mass is 9.78. The summed E-state index contributed by atoms with van der Waals surface area (Å²) in [5.74, 6) is 2.47. The van der Waals surface area contributed by atoms with Crippen molar-refractivity contribution < 1.29 is 4.74 Å². The van der Waals surface area contributed by atoms with Crippen molar-refractivity contribution in [1.29, 1.82) is 0 Å². The van der Waals surface area contributed by atoms with Crippen molar-refractivity contribution in [2.75, 3.05) is 16.5 Å². The van der Waals surface area contributed by atoms with Crippen molar-refractivity contribution in [3.8, 4) is 17.3 Å². The van der Waals surface area contributed by atoms with Gasteiger partial charge in [-0.25, -0.2) is 4.98 Å². The van der Waals surface area contributed by atoms with Crippen LogP contribution in [-0.4, -0.2) is 16.2 Å². The van der Waals surface area contributed by atoms with E-state index in [1.165, 1.54) is 55.8 Å². The molecule has 6 aromatic carbocycles. The predicted octanol–water partition coefficient (Wildman–Crippen LogP) is 14.8. The van der Waals surface area contributed by atoms with E-state index in [9.17, 15) is 0 Å². The van der Waals surface area contributed by atoms with Gasteiger partial charge in [0.2, 0.25) is 0 Å². The number of nitrogens with zero attached hydrogens (tertiary/aromatic N) is 4. The van der Waals surface area contributed by atoms with E-state index in [1.54, 1.807) is 0 Å². The molecule has 0 aliphatic carbocycles. The first-order valence-corrected chi connectivity index (χ1v) is 21.2. The SMILES string of the molecule is Cc1cc2c(cc1C)N(c1cc(Oc3ccc4c5ccccc5n(-c5cc(C(C)(C)c6ccccc6)ccn5)c4c3)cc(C(C)(C)C)c1)CN2c1cccc(C(C)(C)C)c1. The van der Waals surface area contributed by atoms with E-state index < -0.39 is 0 Å². The first-order valence-electron chi connectivity index (χ1n) is 21.2. The Morgan fingerprint density at radius 1 is 0.483 bits per heavy atom. The average Bonchev–Trinajstić information content (AvgIpc) is 3.76. The van der Waals surface area contributed by atoms with Crippen molar-refractivity contribution in [1.82, 2.24) is 9.55 Å². The summed E-state index contributed by atoms with van der Waals surface area (Å²) >= 11 is 0. The summed E-state index contributed by atoms with van der Waals surface area (Å²) in [5, 5.41) is 2.34. The molecule has 2 aromatic heterocycles. The Labute approximate surface area is 355 Å². The lowest BCUT2D eigenvalue weighted by molar-refractivity contribution is 0.479. The van der Waals surface area contributed by atoms with Crippen LogP contribution in [0, 0.1) is 13.8 Å². The van der Waals surface area contributed by atoms with Crippen molar-refractivity contribution in [3.63, 3.8) is 0 Å². The lowest BCUT2D eigenvalue weighted by Gasteiger charge is -2.27. The van der Waals surface area contributed by atoms with Crippen LogP contribution in [0.4, 0.5) is 22.7 Å². The van der Waals surface area contributed by atoms with Crippen molar-refractivity contribution >= 4 is 44.6 Å². The number of fused-ring (bicyclic) bond motifs is 4. The second kappa shape index (κ2) is 14.4. The minimum absolute atomic E-state index is 0.0476. The zero-order valence-corrected chi connectivity index (χ0v) is 36.8. The highest BCUT2D eigenvalue weighted by Gasteiger charge is 2.31. The fourth-order valence-corrected chi connectivity index (χ4v) is 8.67. The monoisotopic (exact) mass is 788 g/mol. The molecular formula is C55H56N4O. The van der Waals surface area contributed by atoms with Crippen molar-refractivity contribution in [2.24, 2.45) is 0 Å². The van der Waals surface area contributed by atoms with Crippen LogP contribution in [-0.2, 0) is 16.2 Å². The highest BCUT2D eigenvalue weighted by molar-refractivity contribution is 6.09. The molecule has 3 heterocycles. The Kier molecular flexibility index (Phi) is 9.42. The largest absolute Gasteiger partial charge is 0.457 e. The molecule has 0 unspecified atom stereocenters. The van der Waals surface area contributed by atoms with Gasteiger partial charge in [-0.1, -0.05) is 116 Å². The minimum Gasteiger partial charge on any atom is -0.457 e. The molecular weight excluding hydrogens is 733 g/mol. The summed E-state index contributed by atoms with van der Waals surface area (Å²) in [5.41, 5.74) is 14.2. The quantitative estimate of drug-likeness (QED) is 0.161. The van der Waals surface area contributed by atoms with Gasteiger partial charge in [0, 0.05) is 45.9 Å². The number of pyridine rings is 1. The standard InChI is InChI=1S/C55H56N4O/c1-36-27-50-51(28-37(36)2)58(35-57(50)42-20-16-19-39(29-42)53(3,4)5)43-30-41(54(6,7)8)31-45(33-43)60-44-23-24-47-46-21-14-15-22-48(46)59(49(47)34-44)52-32-40(25-26-56-52)55(9,10)38-17-12-11-13-18-38/h11-34H,35H2,1-10H3. The number of aromatic nitrogens is 2. The van der Waals surface area contributed by atoms with Gasteiger partial charge < -0.3 is 14.5 Å². The number of ether oxygens (including phenoxy) is 1. The van der Waals surface area contributed by atoms with E-state index in [4.69, 9.17) is 9.72 Å². The van der Waals surface area contributed by atoms with Crippen molar-refractivity contribution in [2.45, 2.75) is 85.5 Å². The molecule has 0 N–H and O–H groups in total. The Morgan fingerprint density at radius 2 is 1.12 bits per heavy atom. The van der Waals surface area contributed by atoms with Gasteiger partial charge in [0.1, 0.15) is 24.0 Å². The summed E-state index contributed by atoms with van der Waals surface area (Å²) in [6, 6.07) is 50.7. The number of hydrogen-bond donors (Lipinski definition) is 0. The third kappa shape index (κ3) is 7.00. The van der Waals surface area contributed by atoms with Crippen LogP contribution in [0.5, 0.6) is 11.5 Å². The molecule has 9 rings (SSSR count). The van der Waals surface area contributed by atoms with Crippen molar-refractivity contribution in [3.05, 3.63) is 179 Å². The van der Waals surface area contributed by atoms with Crippen LogP contribution in [0.2, 0.25) is 0 Å². The van der Waals surface area contributed by atoms with E-state index in [0.717, 1.165) is 39.4 Å².